The smallest absolute Gasteiger partial charge is 0.151 e. The molecule has 0 aliphatic carbocycles. The average molecular weight is 286 g/mol. The van der Waals surface area contributed by atoms with Gasteiger partial charge in [-0.05, 0) is 38.5 Å². The minimum atomic E-state index is -3.17. The third kappa shape index (κ3) is 4.49. The van der Waals surface area contributed by atoms with Crippen LogP contribution in [-0.2, 0) is 9.84 Å². The van der Waals surface area contributed by atoms with Gasteiger partial charge in [-0.1, -0.05) is 12.1 Å². The molecular formula is C13H22N2O3S. The van der Waals surface area contributed by atoms with Gasteiger partial charge in [0.1, 0.15) is 5.75 Å². The lowest BCUT2D eigenvalue weighted by Gasteiger charge is -2.22. The zero-order valence-electron chi connectivity index (χ0n) is 11.8. The minimum absolute atomic E-state index is 0.101. The van der Waals surface area contributed by atoms with Crippen molar-refractivity contribution in [1.82, 2.24) is 5.43 Å². The predicted octanol–water partition coefficient (Wildman–Crippen LogP) is 1.41. The van der Waals surface area contributed by atoms with Gasteiger partial charge in [-0.25, -0.2) is 8.42 Å². The summed E-state index contributed by atoms with van der Waals surface area (Å²) in [5.41, 5.74) is 3.38. The number of nitrogens with one attached hydrogen (secondary N) is 1. The van der Waals surface area contributed by atoms with Crippen molar-refractivity contribution in [2.75, 3.05) is 6.26 Å². The molecule has 2 atom stereocenters. The lowest BCUT2D eigenvalue weighted by Crippen LogP contribution is -2.38. The number of nitrogens with two attached hydrogens (primary N) is 1. The Morgan fingerprint density at radius 3 is 2.05 bits per heavy atom. The minimum Gasteiger partial charge on any atom is -0.491 e. The number of hydrogen-bond acceptors (Lipinski definition) is 5. The van der Waals surface area contributed by atoms with Gasteiger partial charge in [0, 0.05) is 6.26 Å². The molecule has 0 amide bonds. The van der Waals surface area contributed by atoms with E-state index in [4.69, 9.17) is 10.6 Å². The van der Waals surface area contributed by atoms with Crippen LogP contribution in [0.2, 0.25) is 0 Å². The monoisotopic (exact) mass is 286 g/mol. The van der Waals surface area contributed by atoms with Crippen LogP contribution in [0.25, 0.3) is 0 Å². The molecule has 0 spiro atoms. The van der Waals surface area contributed by atoms with Crippen molar-refractivity contribution in [1.29, 1.82) is 0 Å². The van der Waals surface area contributed by atoms with E-state index >= 15 is 0 Å². The molecule has 0 radical (unpaired) electrons. The van der Waals surface area contributed by atoms with Gasteiger partial charge >= 0.3 is 0 Å². The molecule has 0 heterocycles. The first kappa shape index (κ1) is 15.9. The van der Waals surface area contributed by atoms with Gasteiger partial charge in [0.2, 0.25) is 0 Å². The number of hydrogen-bond donors (Lipinski definition) is 2. The molecule has 2 unspecified atom stereocenters. The van der Waals surface area contributed by atoms with Crippen molar-refractivity contribution in [3.05, 3.63) is 29.8 Å². The highest BCUT2D eigenvalue weighted by atomic mass is 32.2. The van der Waals surface area contributed by atoms with E-state index in [2.05, 4.69) is 5.43 Å². The Kier molecular flexibility index (Phi) is 5.34. The van der Waals surface area contributed by atoms with Crippen molar-refractivity contribution in [3.8, 4) is 5.75 Å². The van der Waals surface area contributed by atoms with Crippen molar-refractivity contribution in [3.63, 3.8) is 0 Å². The van der Waals surface area contributed by atoms with E-state index < -0.39 is 21.1 Å². The number of sulfone groups is 1. The highest BCUT2D eigenvalue weighted by Gasteiger charge is 2.26. The van der Waals surface area contributed by atoms with Crippen LogP contribution in [0.15, 0.2) is 24.3 Å². The van der Waals surface area contributed by atoms with Crippen LogP contribution in [0.5, 0.6) is 5.75 Å². The molecule has 1 rings (SSSR count). The van der Waals surface area contributed by atoms with E-state index in [-0.39, 0.29) is 6.10 Å². The fraction of sp³-hybridized carbons (Fsp3) is 0.538. The van der Waals surface area contributed by atoms with E-state index in [1.54, 1.807) is 6.92 Å². The van der Waals surface area contributed by atoms with Gasteiger partial charge in [0.05, 0.1) is 17.4 Å². The summed E-state index contributed by atoms with van der Waals surface area (Å²) in [6.07, 6.45) is 1.31. The first-order valence-corrected chi connectivity index (χ1v) is 8.12. The number of rotatable bonds is 6. The largest absolute Gasteiger partial charge is 0.491 e. The van der Waals surface area contributed by atoms with Gasteiger partial charge in [0.15, 0.2) is 9.84 Å². The fourth-order valence-electron chi connectivity index (χ4n) is 1.78. The molecule has 0 bridgehead atoms. The topological polar surface area (TPSA) is 81.4 Å². The summed E-state index contributed by atoms with van der Waals surface area (Å²) in [5, 5.41) is -0.602. The zero-order chi connectivity index (χ0) is 14.6. The quantitative estimate of drug-likeness (QED) is 0.610. The first-order valence-electron chi connectivity index (χ1n) is 6.17. The second kappa shape index (κ2) is 6.36. The number of benzene rings is 1. The summed E-state index contributed by atoms with van der Waals surface area (Å²) in [6, 6.07) is 6.83. The summed E-state index contributed by atoms with van der Waals surface area (Å²) in [5.74, 6) is 6.23. The van der Waals surface area contributed by atoms with E-state index in [1.807, 2.05) is 38.1 Å². The van der Waals surface area contributed by atoms with Crippen molar-refractivity contribution in [2.24, 2.45) is 5.84 Å². The molecule has 0 fully saturated rings. The van der Waals surface area contributed by atoms with Crippen molar-refractivity contribution in [2.45, 2.75) is 38.2 Å². The lowest BCUT2D eigenvalue weighted by molar-refractivity contribution is 0.242. The maximum atomic E-state index is 11.6. The van der Waals surface area contributed by atoms with Crippen LogP contribution < -0.4 is 16.0 Å². The average Bonchev–Trinajstić information content (AvgIpc) is 2.30. The predicted molar refractivity (Wildman–Crippen MR) is 76.6 cm³/mol. The van der Waals surface area contributed by atoms with Crippen molar-refractivity contribution >= 4 is 9.84 Å². The Labute approximate surface area is 115 Å². The number of hydrazine groups is 1. The van der Waals surface area contributed by atoms with Gasteiger partial charge in [-0.2, -0.15) is 0 Å². The van der Waals surface area contributed by atoms with Crippen LogP contribution in [0.1, 0.15) is 32.4 Å². The maximum absolute atomic E-state index is 11.6. The Bertz CT molecular complexity index is 497. The standard InChI is InChI=1S/C13H22N2O3S/c1-9(2)18-12-7-5-11(6-8-12)13(15-14)10(3)19(4,16)17/h5-10,13,15H,14H2,1-4H3. The summed E-state index contributed by atoms with van der Waals surface area (Å²) in [7, 11) is -3.17. The Morgan fingerprint density at radius 1 is 1.16 bits per heavy atom. The van der Waals surface area contributed by atoms with Crippen LogP contribution in [0.3, 0.4) is 0 Å². The van der Waals surface area contributed by atoms with Gasteiger partial charge < -0.3 is 4.74 Å². The van der Waals surface area contributed by atoms with Crippen LogP contribution >= 0.6 is 0 Å². The second-order valence-electron chi connectivity index (χ2n) is 4.91. The molecule has 108 valence electrons. The molecule has 19 heavy (non-hydrogen) atoms. The van der Waals surface area contributed by atoms with Crippen LogP contribution in [0.4, 0.5) is 0 Å². The van der Waals surface area contributed by atoms with Crippen LogP contribution in [0, 0.1) is 0 Å². The fourth-order valence-corrected chi connectivity index (χ4v) is 2.51. The van der Waals surface area contributed by atoms with E-state index in [1.165, 1.54) is 6.26 Å². The van der Waals surface area contributed by atoms with Gasteiger partial charge in [-0.15, -0.1) is 0 Å². The highest BCUT2D eigenvalue weighted by Crippen LogP contribution is 2.23. The summed E-state index contributed by atoms with van der Waals surface area (Å²) < 4.78 is 28.7. The Morgan fingerprint density at radius 2 is 1.68 bits per heavy atom. The van der Waals surface area contributed by atoms with E-state index in [0.717, 1.165) is 11.3 Å². The third-order valence-electron chi connectivity index (χ3n) is 2.94. The molecule has 3 N–H and O–H groups in total. The van der Waals surface area contributed by atoms with Gasteiger partial charge in [0.25, 0.3) is 0 Å². The zero-order valence-corrected chi connectivity index (χ0v) is 12.6. The molecule has 5 nitrogen and oxygen atoms in total. The normalized spacial score (nSPS) is 15.3. The first-order chi connectivity index (χ1) is 8.75. The molecular weight excluding hydrogens is 264 g/mol. The molecule has 1 aromatic rings. The molecule has 0 saturated heterocycles. The van der Waals surface area contributed by atoms with Crippen LogP contribution in [-0.4, -0.2) is 26.0 Å². The second-order valence-corrected chi connectivity index (χ2v) is 7.32. The highest BCUT2D eigenvalue weighted by molar-refractivity contribution is 7.91. The SMILES string of the molecule is CC(C)Oc1ccc(C(NN)C(C)S(C)(=O)=O)cc1. The molecule has 1 aromatic carbocycles. The van der Waals surface area contributed by atoms with E-state index in [9.17, 15) is 8.42 Å². The van der Waals surface area contributed by atoms with Crippen molar-refractivity contribution < 1.29 is 13.2 Å². The van der Waals surface area contributed by atoms with Gasteiger partial charge in [-0.3, -0.25) is 11.3 Å². The third-order valence-corrected chi connectivity index (χ3v) is 4.56. The molecule has 6 heteroatoms. The molecule has 0 aliphatic heterocycles. The molecule has 0 aliphatic rings. The Hall–Kier alpha value is -1.11. The van der Waals surface area contributed by atoms with E-state index in [0.29, 0.717) is 0 Å². The lowest BCUT2D eigenvalue weighted by atomic mass is 10.0. The summed E-state index contributed by atoms with van der Waals surface area (Å²) in [6.45, 7) is 5.53. The molecule has 0 saturated carbocycles. The summed E-state index contributed by atoms with van der Waals surface area (Å²) >= 11 is 0. The Balaban J connectivity index is 2.94. The summed E-state index contributed by atoms with van der Waals surface area (Å²) in [4.78, 5) is 0. The number of ether oxygens (including phenoxy) is 1. The molecule has 0 aromatic heterocycles. The maximum Gasteiger partial charge on any atom is 0.151 e.